The fourth-order valence-electron chi connectivity index (χ4n) is 14.0. The Morgan fingerprint density at radius 1 is 0.133 bits per heavy atom. The average Bonchev–Trinajstić information content (AvgIpc) is 3.60. The van der Waals surface area contributed by atoms with Crippen molar-refractivity contribution >= 4 is 109 Å². The minimum atomic E-state index is 1.12. The van der Waals surface area contributed by atoms with Crippen molar-refractivity contribution in [2.75, 3.05) is 0 Å². The lowest BCUT2D eigenvalue weighted by Gasteiger charge is -2.12. The molecule has 0 N–H and O–H groups in total. The molecule has 5 nitrogen and oxygen atoms in total. The number of hydrogen-bond acceptors (Lipinski definition) is 0. The van der Waals surface area contributed by atoms with Gasteiger partial charge in [-0.1, -0.05) is 164 Å². The van der Waals surface area contributed by atoms with Gasteiger partial charge in [-0.3, -0.25) is 0 Å². The molecule has 0 saturated heterocycles. The van der Waals surface area contributed by atoms with Gasteiger partial charge >= 0.3 is 0 Å². The van der Waals surface area contributed by atoms with E-state index in [0.717, 1.165) is 39.5 Å². The van der Waals surface area contributed by atoms with E-state index in [-0.39, 0.29) is 0 Å². The predicted octanol–water partition coefficient (Wildman–Crippen LogP) is 20.5. The molecule has 386 valence electrons. The minimum absolute atomic E-state index is 1.12. The van der Waals surface area contributed by atoms with Crippen molar-refractivity contribution in [3.8, 4) is 50.7 Å². The summed E-state index contributed by atoms with van der Waals surface area (Å²) in [6.45, 7) is 0. The lowest BCUT2D eigenvalue weighted by molar-refractivity contribution is 1.16. The number of para-hydroxylation sites is 7. The largest absolute Gasteiger partial charge is 0.309 e. The number of aromatic nitrogens is 5. The Hall–Kier alpha value is -11.1. The third-order valence-electron chi connectivity index (χ3n) is 17.6. The van der Waals surface area contributed by atoms with Gasteiger partial charge in [0.05, 0.1) is 55.2 Å². The van der Waals surface area contributed by atoms with Gasteiger partial charge in [-0.2, -0.15) is 0 Å². The molecule has 18 rings (SSSR count). The highest BCUT2D eigenvalue weighted by Crippen LogP contribution is 2.43. The Morgan fingerprint density at radius 3 is 0.735 bits per heavy atom. The molecule has 0 fully saturated rings. The first-order valence-electron chi connectivity index (χ1n) is 28.6. The molecule has 0 aliphatic heterocycles. The third-order valence-corrected chi connectivity index (χ3v) is 17.6. The lowest BCUT2D eigenvalue weighted by Crippen LogP contribution is -1.96. The molecule has 0 aliphatic carbocycles. The van der Waals surface area contributed by atoms with E-state index in [1.807, 2.05) is 0 Å². The van der Waals surface area contributed by atoms with Crippen LogP contribution in [0.1, 0.15) is 0 Å². The Kier molecular flexibility index (Phi) is 9.73. The average molecular weight is 1060 g/mol. The van der Waals surface area contributed by atoms with Crippen LogP contribution in [0.3, 0.4) is 0 Å². The summed E-state index contributed by atoms with van der Waals surface area (Å²) in [5.41, 5.74) is 22.2. The molecule has 0 bridgehead atoms. The van der Waals surface area contributed by atoms with Crippen molar-refractivity contribution < 1.29 is 0 Å². The maximum absolute atomic E-state index is 2.46. The number of fused-ring (bicyclic) bond motifs is 15. The van der Waals surface area contributed by atoms with E-state index >= 15 is 0 Å². The summed E-state index contributed by atoms with van der Waals surface area (Å²) in [7, 11) is 0. The second kappa shape index (κ2) is 17.7. The van der Waals surface area contributed by atoms with Crippen LogP contribution < -0.4 is 0 Å². The molecule has 5 aromatic heterocycles. The van der Waals surface area contributed by atoms with Crippen molar-refractivity contribution in [1.29, 1.82) is 0 Å². The van der Waals surface area contributed by atoms with Crippen LogP contribution in [0.25, 0.3) is 160 Å². The zero-order valence-electron chi connectivity index (χ0n) is 45.0. The quantitative estimate of drug-likeness (QED) is 0.152. The first-order chi connectivity index (χ1) is 41.2. The molecule has 0 aliphatic rings. The molecule has 0 amide bonds. The molecule has 5 heterocycles. The summed E-state index contributed by atoms with van der Waals surface area (Å²) in [6, 6.07) is 110. The Bertz CT molecular complexity index is 5260. The molecular weight excluding hydrogens is 1010 g/mol. The normalized spacial score (nSPS) is 12.1. The van der Waals surface area contributed by atoms with E-state index in [0.29, 0.717) is 0 Å². The maximum atomic E-state index is 2.46. The highest BCUT2D eigenvalue weighted by molar-refractivity contribution is 6.16. The van der Waals surface area contributed by atoms with Gasteiger partial charge in [0.1, 0.15) is 0 Å². The minimum Gasteiger partial charge on any atom is -0.309 e. The number of rotatable bonds is 7. The van der Waals surface area contributed by atoms with E-state index in [9.17, 15) is 0 Å². The van der Waals surface area contributed by atoms with E-state index in [4.69, 9.17) is 0 Å². The standard InChI is InChI=1S/C78H49N5/c1-2-20-54(21-3-1)79-77-42-38-57(82-73-34-14-8-28-63(73)65-46-52(36-40-75(65)82)50-18-16-22-55(44-50)80-69-30-10-4-24-59(69)60-25-5-11-31-70(60)80)48-67(77)68-49-58(39-43-78(68)79)83-74-35-15-9-29-64(74)66-47-53(37-41-76(66)83)51-19-17-23-56(45-51)81-71-32-12-6-26-61(71)62-27-7-13-33-72(62)81/h1-49H. The maximum Gasteiger partial charge on any atom is 0.0542 e. The van der Waals surface area contributed by atoms with Crippen LogP contribution in [0.4, 0.5) is 0 Å². The van der Waals surface area contributed by atoms with Crippen molar-refractivity contribution in [2.24, 2.45) is 0 Å². The molecule has 0 radical (unpaired) electrons. The van der Waals surface area contributed by atoms with Gasteiger partial charge in [-0.25, -0.2) is 0 Å². The van der Waals surface area contributed by atoms with Crippen LogP contribution in [0.15, 0.2) is 297 Å². The predicted molar refractivity (Wildman–Crippen MR) is 349 cm³/mol. The topological polar surface area (TPSA) is 24.6 Å². The highest BCUT2D eigenvalue weighted by Gasteiger charge is 2.21. The first kappa shape index (κ1) is 45.7. The lowest BCUT2D eigenvalue weighted by atomic mass is 10.0. The van der Waals surface area contributed by atoms with Gasteiger partial charge in [-0.15, -0.1) is 0 Å². The Balaban J connectivity index is 0.779. The molecule has 18 aromatic rings. The van der Waals surface area contributed by atoms with Gasteiger partial charge in [-0.05, 0) is 156 Å². The monoisotopic (exact) mass is 1060 g/mol. The van der Waals surface area contributed by atoms with Gasteiger partial charge in [0.2, 0.25) is 0 Å². The van der Waals surface area contributed by atoms with Crippen LogP contribution in [0, 0.1) is 0 Å². The number of hydrogen-bond donors (Lipinski definition) is 0. The summed E-state index contributed by atoms with van der Waals surface area (Å²) >= 11 is 0. The zero-order valence-corrected chi connectivity index (χ0v) is 45.0. The summed E-state index contributed by atoms with van der Waals surface area (Å²) in [5, 5.41) is 12.3. The smallest absolute Gasteiger partial charge is 0.0542 e. The third kappa shape index (κ3) is 6.77. The van der Waals surface area contributed by atoms with Gasteiger partial charge in [0.25, 0.3) is 0 Å². The second-order valence-corrected chi connectivity index (χ2v) is 22.1. The fourth-order valence-corrected chi connectivity index (χ4v) is 14.0. The summed E-state index contributed by atoms with van der Waals surface area (Å²) in [6.07, 6.45) is 0. The highest BCUT2D eigenvalue weighted by atomic mass is 15.0. The fraction of sp³-hybridized carbons (Fsp3) is 0. The van der Waals surface area contributed by atoms with Crippen LogP contribution in [-0.4, -0.2) is 22.8 Å². The molecule has 13 aromatic carbocycles. The van der Waals surface area contributed by atoms with Crippen molar-refractivity contribution in [2.45, 2.75) is 0 Å². The Morgan fingerprint density at radius 2 is 0.373 bits per heavy atom. The van der Waals surface area contributed by atoms with Crippen LogP contribution in [0.2, 0.25) is 0 Å². The van der Waals surface area contributed by atoms with Gasteiger partial charge in [0, 0.05) is 82.3 Å². The van der Waals surface area contributed by atoms with Gasteiger partial charge in [0.15, 0.2) is 0 Å². The molecule has 5 heteroatoms. The molecule has 0 saturated carbocycles. The van der Waals surface area contributed by atoms with Crippen LogP contribution in [-0.2, 0) is 0 Å². The molecule has 0 atom stereocenters. The first-order valence-corrected chi connectivity index (χ1v) is 28.6. The van der Waals surface area contributed by atoms with E-state index in [1.54, 1.807) is 0 Å². The van der Waals surface area contributed by atoms with Gasteiger partial charge < -0.3 is 22.8 Å². The van der Waals surface area contributed by atoms with Crippen molar-refractivity contribution in [1.82, 2.24) is 22.8 Å². The molecule has 0 spiro atoms. The van der Waals surface area contributed by atoms with Crippen LogP contribution >= 0.6 is 0 Å². The van der Waals surface area contributed by atoms with E-state index in [2.05, 4.69) is 320 Å². The Labute approximate surface area is 477 Å². The number of benzene rings is 13. The van der Waals surface area contributed by atoms with E-state index < -0.39 is 0 Å². The van der Waals surface area contributed by atoms with Crippen molar-refractivity contribution in [3.05, 3.63) is 297 Å². The molecule has 83 heavy (non-hydrogen) atoms. The van der Waals surface area contributed by atoms with E-state index in [1.165, 1.54) is 120 Å². The summed E-state index contributed by atoms with van der Waals surface area (Å²) in [5.74, 6) is 0. The SMILES string of the molecule is c1ccc(-n2c3ccc(-n4c5ccccc5c5cc(-c6cccc(-n7c8ccccc8c8ccccc87)c6)ccc54)cc3c3cc(-n4c5ccccc5c5cc(-c6cccc(-n7c8ccccc8c8ccccc87)c6)ccc54)ccc32)cc1. The zero-order chi connectivity index (χ0) is 54.3. The second-order valence-electron chi connectivity index (χ2n) is 22.1. The molecule has 0 unspecified atom stereocenters. The van der Waals surface area contributed by atoms with Crippen molar-refractivity contribution in [3.63, 3.8) is 0 Å². The summed E-state index contributed by atoms with van der Waals surface area (Å²) < 4.78 is 12.1. The summed E-state index contributed by atoms with van der Waals surface area (Å²) in [4.78, 5) is 0. The van der Waals surface area contributed by atoms with Crippen LogP contribution in [0.5, 0.6) is 0 Å². The number of nitrogens with zero attached hydrogens (tertiary/aromatic N) is 5. The molecular formula is C78H49N5.